The fourth-order valence-electron chi connectivity index (χ4n) is 7.77. The summed E-state index contributed by atoms with van der Waals surface area (Å²) in [5.74, 6) is -2.47. The maximum Gasteiger partial charge on any atom is 0.339 e. The van der Waals surface area contributed by atoms with Crippen molar-refractivity contribution in [1.82, 2.24) is 0 Å². The van der Waals surface area contributed by atoms with Crippen molar-refractivity contribution in [3.05, 3.63) is 28.8 Å². The lowest BCUT2D eigenvalue weighted by Gasteiger charge is -2.47. The maximum atomic E-state index is 14.0. The summed E-state index contributed by atoms with van der Waals surface area (Å²) in [6.45, 7) is 15.6. The Labute approximate surface area is 258 Å². The van der Waals surface area contributed by atoms with Gasteiger partial charge in [0.2, 0.25) is 0 Å². The Morgan fingerprint density at radius 1 is 1.09 bits per heavy atom. The van der Waals surface area contributed by atoms with Gasteiger partial charge >= 0.3 is 5.97 Å². The van der Waals surface area contributed by atoms with E-state index in [1.165, 1.54) is 0 Å². The number of ketones is 1. The van der Waals surface area contributed by atoms with Crippen LogP contribution >= 0.6 is 0 Å². The molecule has 3 rings (SSSR count). The normalized spacial score (nSPS) is 32.2. The minimum atomic E-state index is -1.18. The molecule has 0 aliphatic carbocycles. The highest BCUT2D eigenvalue weighted by molar-refractivity contribution is 5.93. The van der Waals surface area contributed by atoms with Crippen LogP contribution in [-0.2, 0) is 20.7 Å². The number of carbonyl (C=O) groups excluding carboxylic acids is 1. The second-order valence-electron chi connectivity index (χ2n) is 13.4. The fraction of sp³-hybridized carbons (Fsp3) is 0.771. The molecule has 8 nitrogen and oxygen atoms in total. The number of aliphatic hydroxyl groups excluding tert-OH is 1. The Balaban J connectivity index is 1.73. The van der Waals surface area contributed by atoms with E-state index in [1.807, 2.05) is 27.7 Å². The molecule has 1 aromatic carbocycles. The van der Waals surface area contributed by atoms with E-state index >= 15 is 0 Å². The van der Waals surface area contributed by atoms with Gasteiger partial charge in [-0.05, 0) is 88.2 Å². The second-order valence-corrected chi connectivity index (χ2v) is 13.4. The second kappa shape index (κ2) is 14.4. The van der Waals surface area contributed by atoms with Gasteiger partial charge in [-0.1, -0.05) is 60.1 Å². The molecule has 2 saturated heterocycles. The van der Waals surface area contributed by atoms with Crippen molar-refractivity contribution in [3.63, 3.8) is 0 Å². The van der Waals surface area contributed by atoms with E-state index in [9.17, 15) is 30.0 Å². The lowest BCUT2D eigenvalue weighted by molar-refractivity contribution is -0.229. The predicted octanol–water partition coefficient (Wildman–Crippen LogP) is 6.23. The molecule has 0 spiro atoms. The van der Waals surface area contributed by atoms with Crippen molar-refractivity contribution in [3.8, 4) is 5.75 Å². The molecule has 2 heterocycles. The zero-order valence-corrected chi connectivity index (χ0v) is 27.6. The molecule has 2 aliphatic heterocycles. The molecule has 0 unspecified atom stereocenters. The van der Waals surface area contributed by atoms with E-state index < -0.39 is 29.2 Å². The topological polar surface area (TPSA) is 134 Å². The minimum Gasteiger partial charge on any atom is -0.507 e. The van der Waals surface area contributed by atoms with Crippen LogP contribution in [0.5, 0.6) is 5.75 Å². The standard InChI is InChI=1S/C35H56O8/c1-9-24(15-16-25-14-13-20(5)29(36)28(25)33(39)40)30(37)22(7)31(38)26(10-2)32-21(6)19-35(12-4,43-32)27-17-18-34(41,11-3)23(8)42-27/h13-14,21-24,26-27,30,32,36-37,41H,9-12,15-19H2,1-8H3,(H,39,40)/t21-,22-,23-,24+,26-,27+,30+,32-,34+,35-/m0/s1. The summed E-state index contributed by atoms with van der Waals surface area (Å²) >= 11 is 0. The number of aromatic carboxylic acids is 1. The first-order valence-electron chi connectivity index (χ1n) is 16.5. The molecule has 2 fully saturated rings. The molecule has 2 aliphatic rings. The fourth-order valence-corrected chi connectivity index (χ4v) is 7.77. The highest BCUT2D eigenvalue weighted by atomic mass is 16.6. The number of carboxylic acid groups (broad SMARTS) is 1. The summed E-state index contributed by atoms with van der Waals surface area (Å²) in [4.78, 5) is 25.8. The van der Waals surface area contributed by atoms with Crippen molar-refractivity contribution < 1.29 is 39.5 Å². The smallest absolute Gasteiger partial charge is 0.339 e. The SMILES string of the molecule is CC[C@H](CCc1ccc(C)c(O)c1C(=O)O)[C@H](O)[C@H](C)C(=O)[C@H](CC)[C@H]1O[C@](CC)([C@H]2CC[C@](O)(CC)[C@H](C)O2)C[C@@H]1C. The predicted molar refractivity (Wildman–Crippen MR) is 166 cm³/mol. The number of hydrogen-bond acceptors (Lipinski definition) is 7. The highest BCUT2D eigenvalue weighted by Crippen LogP contribution is 2.48. The van der Waals surface area contributed by atoms with Gasteiger partial charge in [-0.25, -0.2) is 4.79 Å². The van der Waals surface area contributed by atoms with Crippen LogP contribution in [0.25, 0.3) is 0 Å². The summed E-state index contributed by atoms with van der Waals surface area (Å²) in [6.07, 6.45) is 4.02. The number of carboxylic acids is 1. The van der Waals surface area contributed by atoms with Gasteiger partial charge in [0.15, 0.2) is 0 Å². The number of benzene rings is 1. The Bertz CT molecular complexity index is 1120. The Kier molecular flexibility index (Phi) is 11.9. The average molecular weight is 605 g/mol. The Morgan fingerprint density at radius 2 is 1.77 bits per heavy atom. The third-order valence-corrected chi connectivity index (χ3v) is 11.0. The number of ether oxygens (including phenoxy) is 2. The third-order valence-electron chi connectivity index (χ3n) is 11.0. The van der Waals surface area contributed by atoms with Crippen LogP contribution in [-0.4, -0.2) is 67.8 Å². The monoisotopic (exact) mass is 604 g/mol. The molecule has 4 N–H and O–H groups in total. The molecule has 10 atom stereocenters. The van der Waals surface area contributed by atoms with Gasteiger partial charge in [-0.2, -0.15) is 0 Å². The van der Waals surface area contributed by atoms with E-state index in [0.717, 1.165) is 12.8 Å². The largest absolute Gasteiger partial charge is 0.507 e. The quantitative estimate of drug-likeness (QED) is 0.196. The van der Waals surface area contributed by atoms with E-state index in [-0.39, 0.29) is 53.2 Å². The molecule has 244 valence electrons. The summed E-state index contributed by atoms with van der Waals surface area (Å²) in [5, 5.41) is 42.4. The van der Waals surface area contributed by atoms with Crippen LogP contribution in [0.4, 0.5) is 0 Å². The number of carbonyl (C=O) groups is 2. The van der Waals surface area contributed by atoms with Crippen LogP contribution in [0, 0.1) is 30.6 Å². The van der Waals surface area contributed by atoms with Crippen LogP contribution in [0.15, 0.2) is 12.1 Å². The zero-order chi connectivity index (χ0) is 32.3. The third kappa shape index (κ3) is 7.13. The van der Waals surface area contributed by atoms with E-state index in [2.05, 4.69) is 13.8 Å². The van der Waals surface area contributed by atoms with Gasteiger partial charge < -0.3 is 29.9 Å². The number of phenols is 1. The van der Waals surface area contributed by atoms with Gasteiger partial charge in [-0.3, -0.25) is 4.79 Å². The molecular formula is C35H56O8. The van der Waals surface area contributed by atoms with Crippen molar-refractivity contribution in [2.24, 2.45) is 23.7 Å². The zero-order valence-electron chi connectivity index (χ0n) is 27.6. The number of rotatable bonds is 14. The van der Waals surface area contributed by atoms with Gasteiger partial charge in [0.05, 0.1) is 35.6 Å². The Hall–Kier alpha value is -2.00. The molecule has 43 heavy (non-hydrogen) atoms. The van der Waals surface area contributed by atoms with Gasteiger partial charge in [0.1, 0.15) is 17.1 Å². The molecule has 0 saturated carbocycles. The maximum absolute atomic E-state index is 14.0. The molecule has 0 bridgehead atoms. The van der Waals surface area contributed by atoms with Crippen LogP contribution < -0.4 is 0 Å². The average Bonchev–Trinajstić information content (AvgIpc) is 3.33. The van der Waals surface area contributed by atoms with Crippen LogP contribution in [0.1, 0.15) is 121 Å². The molecule has 0 amide bonds. The summed E-state index contributed by atoms with van der Waals surface area (Å²) in [7, 11) is 0. The molecule has 0 aromatic heterocycles. The minimum absolute atomic E-state index is 0.00491. The molecular weight excluding hydrogens is 548 g/mol. The van der Waals surface area contributed by atoms with Crippen molar-refractivity contribution in [2.75, 3.05) is 0 Å². The van der Waals surface area contributed by atoms with E-state index in [4.69, 9.17) is 9.47 Å². The van der Waals surface area contributed by atoms with Gasteiger partial charge in [0.25, 0.3) is 0 Å². The molecule has 0 radical (unpaired) electrons. The van der Waals surface area contributed by atoms with Gasteiger partial charge in [-0.15, -0.1) is 0 Å². The Morgan fingerprint density at radius 3 is 2.30 bits per heavy atom. The van der Waals surface area contributed by atoms with Crippen molar-refractivity contribution >= 4 is 11.8 Å². The number of hydrogen-bond donors (Lipinski definition) is 4. The van der Waals surface area contributed by atoms with Crippen molar-refractivity contribution in [2.45, 2.75) is 149 Å². The first kappa shape index (κ1) is 35.5. The summed E-state index contributed by atoms with van der Waals surface area (Å²) in [5.41, 5.74) is -0.418. The highest BCUT2D eigenvalue weighted by Gasteiger charge is 2.55. The lowest BCUT2D eigenvalue weighted by Crippen LogP contribution is -2.55. The van der Waals surface area contributed by atoms with Gasteiger partial charge in [0, 0.05) is 11.8 Å². The molecule has 1 aromatic rings. The first-order valence-corrected chi connectivity index (χ1v) is 16.5. The van der Waals surface area contributed by atoms with Crippen LogP contribution in [0.3, 0.4) is 0 Å². The number of aromatic hydroxyl groups is 1. The van der Waals surface area contributed by atoms with Crippen LogP contribution in [0.2, 0.25) is 0 Å². The summed E-state index contributed by atoms with van der Waals surface area (Å²) in [6, 6.07) is 3.42. The number of aryl methyl sites for hydroxylation is 2. The first-order chi connectivity index (χ1) is 20.2. The number of aliphatic hydroxyl groups is 2. The van der Waals surface area contributed by atoms with E-state index in [0.29, 0.717) is 56.1 Å². The number of Topliss-reactive ketones (excluding diaryl/α,β-unsaturated/α-hetero) is 1. The van der Waals surface area contributed by atoms with E-state index in [1.54, 1.807) is 26.0 Å². The molecule has 8 heteroatoms. The summed E-state index contributed by atoms with van der Waals surface area (Å²) < 4.78 is 13.3. The van der Waals surface area contributed by atoms with Crippen molar-refractivity contribution in [1.29, 1.82) is 0 Å². The lowest BCUT2D eigenvalue weighted by atomic mass is 9.75.